The first-order chi connectivity index (χ1) is 10.2. The maximum Gasteiger partial charge on any atom is 0.251 e. The van der Waals surface area contributed by atoms with Gasteiger partial charge in [0.15, 0.2) is 0 Å². The Bertz CT molecular complexity index is 493. The van der Waals surface area contributed by atoms with Crippen molar-refractivity contribution < 1.29 is 9.59 Å². The van der Waals surface area contributed by atoms with Crippen LogP contribution < -0.4 is 10.6 Å². The highest BCUT2D eigenvalue weighted by molar-refractivity contribution is 5.94. The molecule has 2 N–H and O–H groups in total. The molecule has 2 rings (SSSR count). The first-order valence-corrected chi connectivity index (χ1v) is 7.79. The van der Waals surface area contributed by atoms with Crippen LogP contribution in [0.1, 0.15) is 48.0 Å². The average molecular weight is 288 g/mol. The maximum absolute atomic E-state index is 11.9. The first kappa shape index (κ1) is 15.5. The Kier molecular flexibility index (Phi) is 5.78. The molecule has 2 amide bonds. The van der Waals surface area contributed by atoms with Gasteiger partial charge in [0.2, 0.25) is 5.91 Å². The summed E-state index contributed by atoms with van der Waals surface area (Å²) in [5.74, 6) is 0.219. The SMILES string of the molecule is Cc1cccc(C(=O)NCCNC(=O)C2CCCCC2)c1. The van der Waals surface area contributed by atoms with Crippen LogP contribution in [-0.2, 0) is 4.79 Å². The number of carbonyl (C=O) groups excluding carboxylic acids is 2. The second-order valence-electron chi connectivity index (χ2n) is 5.75. The molecule has 0 aliphatic heterocycles. The number of carbonyl (C=O) groups is 2. The van der Waals surface area contributed by atoms with E-state index in [0.29, 0.717) is 18.7 Å². The molecular formula is C17H24N2O2. The average Bonchev–Trinajstić information content (AvgIpc) is 2.52. The summed E-state index contributed by atoms with van der Waals surface area (Å²) in [4.78, 5) is 23.9. The Morgan fingerprint density at radius 2 is 1.81 bits per heavy atom. The second-order valence-corrected chi connectivity index (χ2v) is 5.75. The third kappa shape index (κ3) is 4.88. The molecule has 1 aromatic carbocycles. The van der Waals surface area contributed by atoms with Gasteiger partial charge in [-0.1, -0.05) is 37.0 Å². The fourth-order valence-corrected chi connectivity index (χ4v) is 2.76. The third-order valence-corrected chi connectivity index (χ3v) is 3.97. The van der Waals surface area contributed by atoms with Gasteiger partial charge in [0.1, 0.15) is 0 Å². The predicted molar refractivity (Wildman–Crippen MR) is 83.1 cm³/mol. The standard InChI is InChI=1S/C17H24N2O2/c1-13-6-5-9-15(12-13)17(21)19-11-10-18-16(20)14-7-3-2-4-8-14/h5-6,9,12,14H,2-4,7-8,10-11H2,1H3,(H,18,20)(H,19,21). The molecule has 0 bridgehead atoms. The number of aryl methyl sites for hydroxylation is 1. The van der Waals surface area contributed by atoms with Crippen molar-refractivity contribution in [2.45, 2.75) is 39.0 Å². The molecule has 21 heavy (non-hydrogen) atoms. The normalized spacial score (nSPS) is 15.5. The fraction of sp³-hybridized carbons (Fsp3) is 0.529. The Morgan fingerprint density at radius 1 is 1.10 bits per heavy atom. The van der Waals surface area contributed by atoms with Gasteiger partial charge < -0.3 is 10.6 Å². The van der Waals surface area contributed by atoms with Crippen LogP contribution in [0, 0.1) is 12.8 Å². The van der Waals surface area contributed by atoms with Crippen LogP contribution in [-0.4, -0.2) is 24.9 Å². The number of rotatable bonds is 5. The summed E-state index contributed by atoms with van der Waals surface area (Å²) in [6, 6.07) is 7.48. The van der Waals surface area contributed by atoms with Gasteiger partial charge in [-0.2, -0.15) is 0 Å². The lowest BCUT2D eigenvalue weighted by atomic mass is 9.89. The molecule has 0 atom stereocenters. The second kappa shape index (κ2) is 7.81. The first-order valence-electron chi connectivity index (χ1n) is 7.79. The summed E-state index contributed by atoms with van der Waals surface area (Å²) in [7, 11) is 0. The third-order valence-electron chi connectivity index (χ3n) is 3.97. The quantitative estimate of drug-likeness (QED) is 0.818. The molecule has 0 aromatic heterocycles. The minimum atomic E-state index is -0.0920. The zero-order valence-electron chi connectivity index (χ0n) is 12.7. The van der Waals surface area contributed by atoms with E-state index in [1.807, 2.05) is 25.1 Å². The van der Waals surface area contributed by atoms with Crippen molar-refractivity contribution in [2.24, 2.45) is 5.92 Å². The van der Waals surface area contributed by atoms with Crippen LogP contribution >= 0.6 is 0 Å². The lowest BCUT2D eigenvalue weighted by Gasteiger charge is -2.20. The molecule has 0 radical (unpaired) electrons. The smallest absolute Gasteiger partial charge is 0.251 e. The zero-order valence-corrected chi connectivity index (χ0v) is 12.7. The Labute approximate surface area is 126 Å². The topological polar surface area (TPSA) is 58.2 Å². The molecule has 1 aliphatic carbocycles. The van der Waals surface area contributed by atoms with Crippen molar-refractivity contribution >= 4 is 11.8 Å². The summed E-state index contributed by atoms with van der Waals surface area (Å²) in [6.07, 6.45) is 5.56. The minimum absolute atomic E-state index is 0.0920. The van der Waals surface area contributed by atoms with E-state index in [-0.39, 0.29) is 17.7 Å². The molecule has 1 aromatic rings. The summed E-state index contributed by atoms with van der Waals surface area (Å²) in [5, 5.41) is 5.75. The van der Waals surface area contributed by atoms with E-state index >= 15 is 0 Å². The highest BCUT2D eigenvalue weighted by Crippen LogP contribution is 2.23. The summed E-state index contributed by atoms with van der Waals surface area (Å²) in [6.45, 7) is 2.92. The number of benzene rings is 1. The van der Waals surface area contributed by atoms with Crippen molar-refractivity contribution in [3.63, 3.8) is 0 Å². The molecule has 1 saturated carbocycles. The van der Waals surface area contributed by atoms with Gasteiger partial charge in [0.05, 0.1) is 0 Å². The zero-order chi connectivity index (χ0) is 15.1. The lowest BCUT2D eigenvalue weighted by molar-refractivity contribution is -0.125. The highest BCUT2D eigenvalue weighted by Gasteiger charge is 2.20. The van der Waals surface area contributed by atoms with Crippen molar-refractivity contribution in [3.05, 3.63) is 35.4 Å². The molecule has 0 heterocycles. The van der Waals surface area contributed by atoms with Gasteiger partial charge in [0, 0.05) is 24.6 Å². The molecular weight excluding hydrogens is 264 g/mol. The van der Waals surface area contributed by atoms with Gasteiger partial charge in [-0.05, 0) is 31.9 Å². The van der Waals surface area contributed by atoms with Gasteiger partial charge in [-0.25, -0.2) is 0 Å². The van der Waals surface area contributed by atoms with E-state index < -0.39 is 0 Å². The number of hydrogen-bond donors (Lipinski definition) is 2. The van der Waals surface area contributed by atoms with Crippen molar-refractivity contribution in [1.82, 2.24) is 10.6 Å². The Balaban J connectivity index is 1.67. The van der Waals surface area contributed by atoms with Crippen LogP contribution in [0.4, 0.5) is 0 Å². The van der Waals surface area contributed by atoms with E-state index in [4.69, 9.17) is 0 Å². The van der Waals surface area contributed by atoms with Crippen molar-refractivity contribution in [3.8, 4) is 0 Å². The minimum Gasteiger partial charge on any atom is -0.354 e. The molecule has 4 heteroatoms. The van der Waals surface area contributed by atoms with Gasteiger partial charge in [0.25, 0.3) is 5.91 Å². The van der Waals surface area contributed by atoms with Crippen LogP contribution in [0.3, 0.4) is 0 Å². The maximum atomic E-state index is 11.9. The fourth-order valence-electron chi connectivity index (χ4n) is 2.76. The van der Waals surface area contributed by atoms with E-state index in [0.717, 1.165) is 31.2 Å². The van der Waals surface area contributed by atoms with Crippen LogP contribution in [0.25, 0.3) is 0 Å². The van der Waals surface area contributed by atoms with Gasteiger partial charge in [-0.3, -0.25) is 9.59 Å². The van der Waals surface area contributed by atoms with Crippen molar-refractivity contribution in [2.75, 3.05) is 13.1 Å². The monoisotopic (exact) mass is 288 g/mol. The van der Waals surface area contributed by atoms with E-state index in [1.165, 1.54) is 6.42 Å². The molecule has 1 aliphatic rings. The van der Waals surface area contributed by atoms with Crippen molar-refractivity contribution in [1.29, 1.82) is 0 Å². The van der Waals surface area contributed by atoms with E-state index in [1.54, 1.807) is 6.07 Å². The molecule has 0 spiro atoms. The molecule has 114 valence electrons. The van der Waals surface area contributed by atoms with Gasteiger partial charge >= 0.3 is 0 Å². The highest BCUT2D eigenvalue weighted by atomic mass is 16.2. The number of amides is 2. The predicted octanol–water partition coefficient (Wildman–Crippen LogP) is 2.42. The summed E-state index contributed by atoms with van der Waals surface area (Å²) in [5.41, 5.74) is 1.72. The van der Waals surface area contributed by atoms with Crippen LogP contribution in [0.2, 0.25) is 0 Å². The van der Waals surface area contributed by atoms with E-state index in [2.05, 4.69) is 10.6 Å². The van der Waals surface area contributed by atoms with Crippen LogP contribution in [0.15, 0.2) is 24.3 Å². The van der Waals surface area contributed by atoms with Crippen LogP contribution in [0.5, 0.6) is 0 Å². The Morgan fingerprint density at radius 3 is 2.52 bits per heavy atom. The molecule has 0 unspecified atom stereocenters. The number of hydrogen-bond acceptors (Lipinski definition) is 2. The molecule has 4 nitrogen and oxygen atoms in total. The summed E-state index contributed by atoms with van der Waals surface area (Å²) >= 11 is 0. The lowest BCUT2D eigenvalue weighted by Crippen LogP contribution is -2.38. The van der Waals surface area contributed by atoms with E-state index in [9.17, 15) is 9.59 Å². The largest absolute Gasteiger partial charge is 0.354 e. The Hall–Kier alpha value is -1.84. The number of nitrogens with one attached hydrogen (secondary N) is 2. The molecule has 0 saturated heterocycles. The summed E-state index contributed by atoms with van der Waals surface area (Å²) < 4.78 is 0. The van der Waals surface area contributed by atoms with Gasteiger partial charge in [-0.15, -0.1) is 0 Å². The molecule has 1 fully saturated rings.